The molecule has 5 nitrogen and oxygen atoms in total. The molecule has 0 fully saturated rings. The Morgan fingerprint density at radius 1 is 0.862 bits per heavy atom. The molecule has 1 aromatic heterocycles. The van der Waals surface area contributed by atoms with E-state index in [1.165, 1.54) is 30.5 Å². The van der Waals surface area contributed by atoms with Crippen molar-refractivity contribution in [3.05, 3.63) is 89.2 Å². The first-order valence-corrected chi connectivity index (χ1v) is 8.55. The van der Waals surface area contributed by atoms with Crippen molar-refractivity contribution in [1.82, 2.24) is 4.98 Å². The van der Waals surface area contributed by atoms with Gasteiger partial charge in [0, 0.05) is 23.1 Å². The minimum absolute atomic E-state index is 0.00210. The number of rotatable bonds is 4. The van der Waals surface area contributed by atoms with E-state index in [4.69, 9.17) is 0 Å². The molecular weight excluding hydrogens is 383 g/mol. The van der Waals surface area contributed by atoms with E-state index in [2.05, 4.69) is 15.6 Å². The number of nitrogens with one attached hydrogen (secondary N) is 2. The van der Waals surface area contributed by atoms with E-state index >= 15 is 0 Å². The molecule has 0 unspecified atom stereocenters. The molecule has 1 heterocycles. The van der Waals surface area contributed by atoms with Gasteiger partial charge in [0.05, 0.1) is 5.56 Å². The van der Waals surface area contributed by atoms with Crippen LogP contribution in [0, 0.1) is 6.92 Å². The second kappa shape index (κ2) is 8.14. The number of benzene rings is 2. The van der Waals surface area contributed by atoms with Gasteiger partial charge in [0.15, 0.2) is 0 Å². The molecule has 0 spiro atoms. The zero-order valence-corrected chi connectivity index (χ0v) is 15.2. The van der Waals surface area contributed by atoms with Gasteiger partial charge in [0.1, 0.15) is 5.69 Å². The van der Waals surface area contributed by atoms with Gasteiger partial charge < -0.3 is 10.6 Å². The number of carbonyl (C=O) groups is 2. The van der Waals surface area contributed by atoms with Crippen molar-refractivity contribution in [3.8, 4) is 0 Å². The number of aryl methyl sites for hydroxylation is 1. The summed E-state index contributed by atoms with van der Waals surface area (Å²) in [5, 5.41) is 5.06. The maximum absolute atomic E-state index is 12.8. The number of nitrogens with zero attached hydrogens (tertiary/aromatic N) is 1. The molecule has 3 rings (SSSR count). The van der Waals surface area contributed by atoms with Crippen LogP contribution < -0.4 is 10.6 Å². The van der Waals surface area contributed by atoms with Gasteiger partial charge in [-0.25, -0.2) is 0 Å². The Labute approximate surface area is 164 Å². The Bertz CT molecular complexity index is 1050. The highest BCUT2D eigenvalue weighted by molar-refractivity contribution is 6.07. The van der Waals surface area contributed by atoms with Crippen LogP contribution in [0.3, 0.4) is 0 Å². The predicted octanol–water partition coefficient (Wildman–Crippen LogP) is 4.91. The lowest BCUT2D eigenvalue weighted by Crippen LogP contribution is -2.17. The summed E-state index contributed by atoms with van der Waals surface area (Å²) in [5.41, 5.74) is 0.819. The summed E-state index contributed by atoms with van der Waals surface area (Å²) in [6.45, 7) is 1.92. The van der Waals surface area contributed by atoms with E-state index < -0.39 is 23.6 Å². The van der Waals surface area contributed by atoms with Crippen molar-refractivity contribution in [1.29, 1.82) is 0 Å². The smallest absolute Gasteiger partial charge is 0.322 e. The Kier molecular flexibility index (Phi) is 5.63. The third-order valence-corrected chi connectivity index (χ3v) is 4.01. The molecule has 0 atom stereocenters. The number of anilines is 2. The zero-order valence-electron chi connectivity index (χ0n) is 15.2. The molecule has 2 aromatic carbocycles. The van der Waals surface area contributed by atoms with Gasteiger partial charge in [-0.15, -0.1) is 0 Å². The van der Waals surface area contributed by atoms with Gasteiger partial charge >= 0.3 is 6.18 Å². The second-order valence-corrected chi connectivity index (χ2v) is 6.28. The van der Waals surface area contributed by atoms with Crippen molar-refractivity contribution in [2.75, 3.05) is 10.6 Å². The standard InChI is InChI=1S/C21H16F3N3O2/c1-13-5-7-16(8-6-13)26-20(29)18-11-14(9-10-25-18)19(28)27-17-4-2-3-15(12-17)21(22,23)24/h2-12H,1H3,(H,26,29)(H,27,28). The van der Waals surface area contributed by atoms with Crippen LogP contribution in [0.4, 0.5) is 24.5 Å². The van der Waals surface area contributed by atoms with Crippen LogP contribution >= 0.6 is 0 Å². The number of aromatic nitrogens is 1. The van der Waals surface area contributed by atoms with Crippen molar-refractivity contribution < 1.29 is 22.8 Å². The number of amides is 2. The molecule has 8 heteroatoms. The molecule has 148 valence electrons. The monoisotopic (exact) mass is 399 g/mol. The number of alkyl halides is 3. The van der Waals surface area contributed by atoms with E-state index in [1.54, 1.807) is 12.1 Å². The van der Waals surface area contributed by atoms with Gasteiger partial charge in [0.25, 0.3) is 11.8 Å². The minimum atomic E-state index is -4.52. The summed E-state index contributed by atoms with van der Waals surface area (Å²) >= 11 is 0. The van der Waals surface area contributed by atoms with Crippen LogP contribution in [-0.2, 0) is 6.18 Å². The Morgan fingerprint density at radius 2 is 1.55 bits per heavy atom. The first kappa shape index (κ1) is 20.1. The predicted molar refractivity (Wildman–Crippen MR) is 103 cm³/mol. The van der Waals surface area contributed by atoms with Crippen LogP contribution in [0.1, 0.15) is 32.0 Å². The van der Waals surface area contributed by atoms with Crippen molar-refractivity contribution in [3.63, 3.8) is 0 Å². The van der Waals surface area contributed by atoms with Crippen LogP contribution in [0.25, 0.3) is 0 Å². The maximum atomic E-state index is 12.8. The third kappa shape index (κ3) is 5.19. The fraction of sp³-hybridized carbons (Fsp3) is 0.0952. The summed E-state index contributed by atoms with van der Waals surface area (Å²) in [5.74, 6) is -1.17. The Hall–Kier alpha value is -3.68. The topological polar surface area (TPSA) is 71.1 Å². The highest BCUT2D eigenvalue weighted by Gasteiger charge is 2.30. The van der Waals surface area contributed by atoms with E-state index in [9.17, 15) is 22.8 Å². The number of hydrogen-bond acceptors (Lipinski definition) is 3. The molecule has 0 radical (unpaired) electrons. The van der Waals surface area contributed by atoms with Crippen LogP contribution in [-0.4, -0.2) is 16.8 Å². The summed E-state index contributed by atoms with van der Waals surface area (Å²) in [6, 6.07) is 14.1. The first-order valence-electron chi connectivity index (χ1n) is 8.55. The number of halogens is 3. The van der Waals surface area contributed by atoms with Crippen LogP contribution in [0.5, 0.6) is 0 Å². The molecule has 0 aliphatic heterocycles. The summed E-state index contributed by atoms with van der Waals surface area (Å²) < 4.78 is 38.4. The molecule has 0 saturated heterocycles. The second-order valence-electron chi connectivity index (χ2n) is 6.28. The van der Waals surface area contributed by atoms with Gasteiger partial charge in [-0.3, -0.25) is 14.6 Å². The molecule has 0 bridgehead atoms. The fourth-order valence-corrected chi connectivity index (χ4v) is 2.50. The minimum Gasteiger partial charge on any atom is -0.322 e. The van der Waals surface area contributed by atoms with E-state index in [0.29, 0.717) is 5.69 Å². The third-order valence-electron chi connectivity index (χ3n) is 4.01. The lowest BCUT2D eigenvalue weighted by atomic mass is 10.1. The molecule has 2 amide bonds. The molecular formula is C21H16F3N3O2. The van der Waals surface area contributed by atoms with Crippen LogP contribution in [0.2, 0.25) is 0 Å². The molecule has 2 N–H and O–H groups in total. The quantitative estimate of drug-likeness (QED) is 0.655. The molecule has 0 saturated carbocycles. The fourth-order valence-electron chi connectivity index (χ4n) is 2.50. The number of carbonyl (C=O) groups excluding carboxylic acids is 2. The summed E-state index contributed by atoms with van der Waals surface area (Å²) in [4.78, 5) is 28.7. The largest absolute Gasteiger partial charge is 0.416 e. The first-order chi connectivity index (χ1) is 13.7. The lowest BCUT2D eigenvalue weighted by Gasteiger charge is -2.10. The molecule has 3 aromatic rings. The Morgan fingerprint density at radius 3 is 2.24 bits per heavy atom. The van der Waals surface area contributed by atoms with E-state index in [0.717, 1.165) is 17.7 Å². The molecule has 0 aliphatic rings. The Balaban J connectivity index is 1.74. The molecule has 0 aliphatic carbocycles. The average molecular weight is 399 g/mol. The van der Waals surface area contributed by atoms with Gasteiger partial charge in [-0.2, -0.15) is 13.2 Å². The summed E-state index contributed by atoms with van der Waals surface area (Å²) in [7, 11) is 0. The van der Waals surface area contributed by atoms with E-state index in [1.807, 2.05) is 19.1 Å². The van der Waals surface area contributed by atoms with Gasteiger partial charge in [0.2, 0.25) is 0 Å². The van der Waals surface area contributed by atoms with Gasteiger partial charge in [-0.1, -0.05) is 23.8 Å². The van der Waals surface area contributed by atoms with Crippen LogP contribution in [0.15, 0.2) is 66.9 Å². The normalized spacial score (nSPS) is 11.0. The van der Waals surface area contributed by atoms with Crippen molar-refractivity contribution in [2.24, 2.45) is 0 Å². The summed E-state index contributed by atoms with van der Waals surface area (Å²) in [6.07, 6.45) is -3.23. The average Bonchev–Trinajstić information content (AvgIpc) is 2.69. The lowest BCUT2D eigenvalue weighted by molar-refractivity contribution is -0.137. The van der Waals surface area contributed by atoms with Crippen molar-refractivity contribution in [2.45, 2.75) is 13.1 Å². The zero-order chi connectivity index (χ0) is 21.0. The van der Waals surface area contributed by atoms with E-state index in [-0.39, 0.29) is 16.9 Å². The highest BCUT2D eigenvalue weighted by Crippen LogP contribution is 2.30. The van der Waals surface area contributed by atoms with Crippen molar-refractivity contribution >= 4 is 23.2 Å². The number of pyridine rings is 1. The van der Waals surface area contributed by atoms with Gasteiger partial charge in [-0.05, 0) is 49.4 Å². The number of hydrogen-bond donors (Lipinski definition) is 2. The SMILES string of the molecule is Cc1ccc(NC(=O)c2cc(C(=O)Nc3cccc(C(F)(F)F)c3)ccn2)cc1. The highest BCUT2D eigenvalue weighted by atomic mass is 19.4. The maximum Gasteiger partial charge on any atom is 0.416 e. The molecule has 29 heavy (non-hydrogen) atoms.